The van der Waals surface area contributed by atoms with Gasteiger partial charge in [0.2, 0.25) is 0 Å². The van der Waals surface area contributed by atoms with Crippen LogP contribution >= 0.6 is 0 Å². The van der Waals surface area contributed by atoms with Gasteiger partial charge in [-0.2, -0.15) is 0 Å². The van der Waals surface area contributed by atoms with Gasteiger partial charge in [-0.15, -0.1) is 0 Å². The van der Waals surface area contributed by atoms with Crippen LogP contribution in [0.3, 0.4) is 0 Å². The molecule has 0 radical (unpaired) electrons. The van der Waals surface area contributed by atoms with Gasteiger partial charge in [0.15, 0.2) is 0 Å². The lowest BCUT2D eigenvalue weighted by atomic mass is 9.63. The summed E-state index contributed by atoms with van der Waals surface area (Å²) in [6.45, 7) is 9.13. The first-order valence-corrected chi connectivity index (χ1v) is 7.34. The van der Waals surface area contributed by atoms with Gasteiger partial charge in [-0.25, -0.2) is 0 Å². The Morgan fingerprint density at radius 1 is 1.15 bits per heavy atom. The number of nitrogen functional groups attached to an aromatic ring is 1. The molecule has 110 valence electrons. The smallest absolute Gasteiger partial charge is 0.253 e. The second kappa shape index (κ2) is 5.12. The fourth-order valence-corrected chi connectivity index (χ4v) is 3.92. The van der Waals surface area contributed by atoms with Crippen molar-refractivity contribution in [3.8, 4) is 0 Å². The van der Waals surface area contributed by atoms with E-state index in [4.69, 9.17) is 5.73 Å². The van der Waals surface area contributed by atoms with Gasteiger partial charge in [0.1, 0.15) is 0 Å². The van der Waals surface area contributed by atoms with Crippen LogP contribution in [0, 0.1) is 10.8 Å². The fraction of sp³-hybridized carbons (Fsp3) is 0.588. The van der Waals surface area contributed by atoms with E-state index in [2.05, 4.69) is 33.0 Å². The average Bonchev–Trinajstić information content (AvgIpc) is 2.24. The van der Waals surface area contributed by atoms with E-state index in [1.165, 1.54) is 6.42 Å². The van der Waals surface area contributed by atoms with Crippen LogP contribution in [0.1, 0.15) is 57.3 Å². The van der Waals surface area contributed by atoms with E-state index >= 15 is 0 Å². The van der Waals surface area contributed by atoms with Crippen LogP contribution in [0.15, 0.2) is 24.3 Å². The highest BCUT2D eigenvalue weighted by molar-refractivity contribution is 5.99. The van der Waals surface area contributed by atoms with Gasteiger partial charge in [-0.05, 0) is 42.2 Å². The number of carbonyl (C=O) groups excluding carboxylic acids is 1. The zero-order valence-corrected chi connectivity index (χ0v) is 13.0. The van der Waals surface area contributed by atoms with Gasteiger partial charge in [-0.1, -0.05) is 39.8 Å². The summed E-state index contributed by atoms with van der Waals surface area (Å²) in [6.07, 6.45) is 3.24. The first-order chi connectivity index (χ1) is 9.19. The summed E-state index contributed by atoms with van der Waals surface area (Å²) in [5.41, 5.74) is 7.52. The summed E-state index contributed by atoms with van der Waals surface area (Å²) in [7, 11) is 0. The SMILES string of the molecule is CC1(C)CC(NC(=O)c2ccccc2N)CC(C)(C)C1. The first kappa shape index (κ1) is 14.9. The predicted octanol–water partition coefficient (Wildman–Crippen LogP) is 3.60. The number of para-hydroxylation sites is 1. The standard InChI is InChI=1S/C17H26N2O/c1-16(2)9-12(10-17(3,4)11-16)19-15(20)13-7-5-6-8-14(13)18/h5-8,12H,9-11,18H2,1-4H3,(H,19,20). The summed E-state index contributed by atoms with van der Waals surface area (Å²) in [6, 6.07) is 7.47. The molecule has 1 amide bonds. The van der Waals surface area contributed by atoms with Crippen LogP contribution in [0.25, 0.3) is 0 Å². The lowest BCUT2D eigenvalue weighted by Crippen LogP contribution is -2.46. The monoisotopic (exact) mass is 274 g/mol. The van der Waals surface area contributed by atoms with E-state index in [9.17, 15) is 4.79 Å². The molecule has 0 unspecified atom stereocenters. The number of hydrogen-bond acceptors (Lipinski definition) is 2. The highest BCUT2D eigenvalue weighted by Gasteiger charge is 2.38. The highest BCUT2D eigenvalue weighted by atomic mass is 16.1. The van der Waals surface area contributed by atoms with E-state index < -0.39 is 0 Å². The number of anilines is 1. The van der Waals surface area contributed by atoms with Crippen LogP contribution in [0.5, 0.6) is 0 Å². The topological polar surface area (TPSA) is 55.1 Å². The maximum Gasteiger partial charge on any atom is 0.253 e. The van der Waals surface area contributed by atoms with E-state index in [-0.39, 0.29) is 22.8 Å². The number of hydrogen-bond donors (Lipinski definition) is 2. The molecule has 3 heteroatoms. The Morgan fingerprint density at radius 2 is 1.70 bits per heavy atom. The van der Waals surface area contributed by atoms with Crippen LogP contribution < -0.4 is 11.1 Å². The van der Waals surface area contributed by atoms with Crippen molar-refractivity contribution in [3.63, 3.8) is 0 Å². The molecule has 0 aromatic heterocycles. The molecule has 1 saturated carbocycles. The van der Waals surface area contributed by atoms with Crippen LogP contribution in [-0.4, -0.2) is 11.9 Å². The molecule has 3 nitrogen and oxygen atoms in total. The molecule has 20 heavy (non-hydrogen) atoms. The van der Waals surface area contributed by atoms with Crippen LogP contribution in [0.4, 0.5) is 5.69 Å². The molecule has 0 saturated heterocycles. The number of nitrogens with two attached hydrogens (primary N) is 1. The summed E-state index contributed by atoms with van der Waals surface area (Å²) in [4.78, 5) is 12.4. The summed E-state index contributed by atoms with van der Waals surface area (Å²) < 4.78 is 0. The summed E-state index contributed by atoms with van der Waals surface area (Å²) >= 11 is 0. The van der Waals surface area contributed by atoms with Crippen molar-refractivity contribution in [1.82, 2.24) is 5.32 Å². The Labute approximate surface area is 121 Å². The Morgan fingerprint density at radius 3 is 2.25 bits per heavy atom. The van der Waals surface area contributed by atoms with Crippen LogP contribution in [0.2, 0.25) is 0 Å². The van der Waals surface area contributed by atoms with Crippen molar-refractivity contribution in [3.05, 3.63) is 29.8 Å². The highest BCUT2D eigenvalue weighted by Crippen LogP contribution is 2.45. The minimum absolute atomic E-state index is 0.0541. The van der Waals surface area contributed by atoms with Gasteiger partial charge in [0.05, 0.1) is 5.56 Å². The maximum absolute atomic E-state index is 12.4. The largest absolute Gasteiger partial charge is 0.398 e. The molecule has 0 bridgehead atoms. The zero-order valence-electron chi connectivity index (χ0n) is 13.0. The Bertz CT molecular complexity index is 489. The number of benzene rings is 1. The average molecular weight is 274 g/mol. The zero-order chi connectivity index (χ0) is 15.0. The van der Waals surface area contributed by atoms with Gasteiger partial charge >= 0.3 is 0 Å². The van der Waals surface area contributed by atoms with Gasteiger partial charge in [0, 0.05) is 11.7 Å². The molecule has 0 atom stereocenters. The maximum atomic E-state index is 12.4. The van der Waals surface area contributed by atoms with Crippen molar-refractivity contribution in [2.24, 2.45) is 10.8 Å². The minimum atomic E-state index is -0.0541. The second-order valence-corrected chi connectivity index (χ2v) is 7.67. The third kappa shape index (κ3) is 3.53. The first-order valence-electron chi connectivity index (χ1n) is 7.34. The molecule has 1 aromatic rings. The van der Waals surface area contributed by atoms with Gasteiger partial charge in [-0.3, -0.25) is 4.79 Å². The van der Waals surface area contributed by atoms with Gasteiger partial charge < -0.3 is 11.1 Å². The number of amides is 1. The van der Waals surface area contributed by atoms with E-state index in [1.54, 1.807) is 12.1 Å². The molecule has 2 rings (SSSR count). The summed E-state index contributed by atoms with van der Waals surface area (Å²) in [5.74, 6) is -0.0541. The number of nitrogens with one attached hydrogen (secondary N) is 1. The fourth-order valence-electron chi connectivity index (χ4n) is 3.92. The predicted molar refractivity (Wildman–Crippen MR) is 83.5 cm³/mol. The van der Waals surface area contributed by atoms with Crippen molar-refractivity contribution >= 4 is 11.6 Å². The van der Waals surface area contributed by atoms with E-state index in [0.29, 0.717) is 11.3 Å². The third-order valence-electron chi connectivity index (χ3n) is 4.10. The van der Waals surface area contributed by atoms with Crippen LogP contribution in [-0.2, 0) is 0 Å². The van der Waals surface area contributed by atoms with Crippen molar-refractivity contribution in [1.29, 1.82) is 0 Å². The second-order valence-electron chi connectivity index (χ2n) is 7.67. The number of carbonyl (C=O) groups is 1. The Hall–Kier alpha value is -1.51. The van der Waals surface area contributed by atoms with Crippen molar-refractivity contribution in [2.45, 2.75) is 53.0 Å². The molecule has 1 fully saturated rings. The molecule has 0 spiro atoms. The molecular weight excluding hydrogens is 248 g/mol. The number of rotatable bonds is 2. The van der Waals surface area contributed by atoms with Crippen molar-refractivity contribution < 1.29 is 4.79 Å². The van der Waals surface area contributed by atoms with E-state index in [1.807, 2.05) is 12.1 Å². The molecule has 1 aliphatic rings. The molecule has 3 N–H and O–H groups in total. The molecule has 1 aromatic carbocycles. The third-order valence-corrected chi connectivity index (χ3v) is 4.10. The Balaban J connectivity index is 2.10. The molecule has 1 aliphatic carbocycles. The van der Waals surface area contributed by atoms with Gasteiger partial charge in [0.25, 0.3) is 5.91 Å². The van der Waals surface area contributed by atoms with E-state index in [0.717, 1.165) is 12.8 Å². The lowest BCUT2D eigenvalue weighted by molar-refractivity contribution is 0.0714. The lowest BCUT2D eigenvalue weighted by Gasteiger charge is -2.45. The molecular formula is C17H26N2O. The Kier molecular flexibility index (Phi) is 3.81. The summed E-state index contributed by atoms with van der Waals surface area (Å²) in [5, 5.41) is 3.17. The molecule has 0 heterocycles. The molecule has 0 aliphatic heterocycles. The van der Waals surface area contributed by atoms with Crippen molar-refractivity contribution in [2.75, 3.05) is 5.73 Å². The quantitative estimate of drug-likeness (QED) is 0.810. The minimum Gasteiger partial charge on any atom is -0.398 e. The normalized spacial score (nSPS) is 21.4.